The van der Waals surface area contributed by atoms with Gasteiger partial charge >= 0.3 is 6.61 Å². The monoisotopic (exact) mass is 512 g/mol. The average Bonchev–Trinajstić information content (AvgIpc) is 3.72. The smallest absolute Gasteiger partial charge is 0.388 e. The van der Waals surface area contributed by atoms with Gasteiger partial charge in [-0.15, -0.1) is 0 Å². The van der Waals surface area contributed by atoms with Crippen LogP contribution < -0.4 is 19.7 Å². The Morgan fingerprint density at radius 1 is 1.24 bits per heavy atom. The van der Waals surface area contributed by atoms with Crippen molar-refractivity contribution in [2.24, 2.45) is 0 Å². The number of pyridine rings is 2. The van der Waals surface area contributed by atoms with Crippen molar-refractivity contribution in [1.29, 1.82) is 0 Å². The highest BCUT2D eigenvalue weighted by molar-refractivity contribution is 5.79. The van der Waals surface area contributed by atoms with E-state index in [1.54, 1.807) is 18.0 Å². The molecular formula is C27H27F3N4O3. The molecule has 7 nitrogen and oxygen atoms in total. The van der Waals surface area contributed by atoms with Crippen LogP contribution in [0.2, 0.25) is 0 Å². The second kappa shape index (κ2) is 10.3. The number of aryl methyl sites for hydroxylation is 2. The summed E-state index contributed by atoms with van der Waals surface area (Å²) in [7, 11) is 1.68. The number of hydrogen-bond acceptors (Lipinski definition) is 6. The van der Waals surface area contributed by atoms with Crippen LogP contribution in [0.25, 0.3) is 0 Å². The molecule has 0 spiro atoms. The van der Waals surface area contributed by atoms with E-state index in [4.69, 9.17) is 4.74 Å². The summed E-state index contributed by atoms with van der Waals surface area (Å²) in [4.78, 5) is 22.4. The van der Waals surface area contributed by atoms with Gasteiger partial charge < -0.3 is 19.7 Å². The number of halogens is 3. The van der Waals surface area contributed by atoms with Crippen LogP contribution in [-0.2, 0) is 17.8 Å². The number of carbonyl (C=O) groups is 1. The molecule has 0 bridgehead atoms. The number of fused-ring (bicyclic) bond motifs is 1. The molecule has 1 fully saturated rings. The highest BCUT2D eigenvalue weighted by Gasteiger charge is 2.32. The minimum atomic E-state index is -2.98. The fourth-order valence-corrected chi connectivity index (χ4v) is 4.83. The molecule has 1 aromatic carbocycles. The normalized spacial score (nSPS) is 16.6. The van der Waals surface area contributed by atoms with Gasteiger partial charge in [0, 0.05) is 42.5 Å². The summed E-state index contributed by atoms with van der Waals surface area (Å²) in [6, 6.07) is 8.09. The van der Waals surface area contributed by atoms with Gasteiger partial charge in [0.15, 0.2) is 0 Å². The number of benzene rings is 1. The number of amides is 1. The lowest BCUT2D eigenvalue weighted by Crippen LogP contribution is -2.24. The van der Waals surface area contributed by atoms with E-state index < -0.39 is 18.5 Å². The van der Waals surface area contributed by atoms with Gasteiger partial charge in [-0.3, -0.25) is 9.78 Å². The Morgan fingerprint density at radius 3 is 2.73 bits per heavy atom. The molecule has 1 aliphatic heterocycles. The molecular weight excluding hydrogens is 485 g/mol. The molecule has 37 heavy (non-hydrogen) atoms. The molecule has 0 saturated heterocycles. The molecule has 1 aliphatic carbocycles. The molecule has 194 valence electrons. The van der Waals surface area contributed by atoms with Crippen LogP contribution in [0, 0.1) is 12.7 Å². The third-order valence-electron chi connectivity index (χ3n) is 6.76. The maximum Gasteiger partial charge on any atom is 0.388 e. The van der Waals surface area contributed by atoms with Crippen molar-refractivity contribution in [3.8, 4) is 11.6 Å². The van der Waals surface area contributed by atoms with Crippen molar-refractivity contribution in [2.45, 2.75) is 57.8 Å². The molecule has 10 heteroatoms. The van der Waals surface area contributed by atoms with Gasteiger partial charge in [-0.05, 0) is 55.9 Å². The van der Waals surface area contributed by atoms with Crippen LogP contribution in [0.15, 0.2) is 36.5 Å². The van der Waals surface area contributed by atoms with Crippen LogP contribution in [0.4, 0.5) is 24.5 Å². The summed E-state index contributed by atoms with van der Waals surface area (Å²) in [6.07, 6.45) is 4.79. The predicted octanol–water partition coefficient (Wildman–Crippen LogP) is 5.67. The van der Waals surface area contributed by atoms with E-state index in [1.807, 2.05) is 13.0 Å². The number of carbonyl (C=O) groups excluding carboxylic acids is 1. The second-order valence-corrected chi connectivity index (χ2v) is 9.27. The lowest BCUT2D eigenvalue weighted by molar-refractivity contribution is -0.107. The maximum absolute atomic E-state index is 14.3. The van der Waals surface area contributed by atoms with Crippen molar-refractivity contribution in [3.63, 3.8) is 0 Å². The number of alkyl halides is 2. The Balaban J connectivity index is 1.47. The summed E-state index contributed by atoms with van der Waals surface area (Å²) >= 11 is 0. The highest BCUT2D eigenvalue weighted by Crippen LogP contribution is 2.44. The third-order valence-corrected chi connectivity index (χ3v) is 6.76. The number of hydrogen-bond donors (Lipinski definition) is 1. The lowest BCUT2D eigenvalue weighted by atomic mass is 9.97. The van der Waals surface area contributed by atoms with Gasteiger partial charge in [0.1, 0.15) is 23.4 Å². The van der Waals surface area contributed by atoms with Gasteiger partial charge in [0.2, 0.25) is 12.3 Å². The topological polar surface area (TPSA) is 76.6 Å². The van der Waals surface area contributed by atoms with Crippen molar-refractivity contribution in [2.75, 3.05) is 17.3 Å². The first-order chi connectivity index (χ1) is 17.9. The quantitative estimate of drug-likeness (QED) is 0.372. The summed E-state index contributed by atoms with van der Waals surface area (Å²) in [5, 5.41) is 3.03. The Morgan fingerprint density at radius 2 is 2.05 bits per heavy atom. The van der Waals surface area contributed by atoms with Crippen LogP contribution >= 0.6 is 0 Å². The zero-order valence-electron chi connectivity index (χ0n) is 20.5. The van der Waals surface area contributed by atoms with Gasteiger partial charge in [0.25, 0.3) is 0 Å². The van der Waals surface area contributed by atoms with Crippen molar-refractivity contribution in [3.05, 3.63) is 70.4 Å². The fraction of sp³-hybridized carbons (Fsp3) is 0.370. The summed E-state index contributed by atoms with van der Waals surface area (Å²) in [5.41, 5.74) is 4.69. The fourth-order valence-electron chi connectivity index (χ4n) is 4.83. The number of aromatic nitrogens is 2. The van der Waals surface area contributed by atoms with Crippen molar-refractivity contribution < 1.29 is 27.4 Å². The Kier molecular flexibility index (Phi) is 6.90. The minimum absolute atomic E-state index is 0.124. The number of nitrogens with one attached hydrogen (secondary N) is 1. The molecule has 1 unspecified atom stereocenters. The number of nitrogens with zero attached hydrogens (tertiary/aromatic N) is 3. The lowest BCUT2D eigenvalue weighted by Gasteiger charge is -2.29. The Bertz CT molecular complexity index is 1320. The SMILES string of the molecule is CNc1cc(OC(F)F)nc(C2CC2)c1CN(C=O)c1cc2c(cc1C)CCC(c1ncccc1F)O2. The number of ether oxygens (including phenoxy) is 2. The van der Waals surface area contributed by atoms with E-state index in [0.717, 1.165) is 35.9 Å². The molecule has 1 atom stereocenters. The molecule has 0 radical (unpaired) electrons. The molecule has 1 N–H and O–H groups in total. The number of anilines is 2. The summed E-state index contributed by atoms with van der Waals surface area (Å²) in [5.74, 6) is 0.119. The van der Waals surface area contributed by atoms with E-state index >= 15 is 0 Å². The van der Waals surface area contributed by atoms with Crippen molar-refractivity contribution in [1.82, 2.24) is 9.97 Å². The maximum atomic E-state index is 14.3. The molecule has 1 amide bonds. The highest BCUT2D eigenvalue weighted by atomic mass is 19.3. The molecule has 3 aromatic rings. The van der Waals surface area contributed by atoms with Crippen LogP contribution in [0.1, 0.15) is 59.4 Å². The molecule has 5 rings (SSSR count). The predicted molar refractivity (Wildman–Crippen MR) is 132 cm³/mol. The molecule has 2 aliphatic rings. The second-order valence-electron chi connectivity index (χ2n) is 9.27. The summed E-state index contributed by atoms with van der Waals surface area (Å²) < 4.78 is 50.8. The van der Waals surface area contributed by atoms with Gasteiger partial charge in [-0.1, -0.05) is 6.07 Å². The van der Waals surface area contributed by atoms with E-state index in [2.05, 4.69) is 20.0 Å². The first-order valence-electron chi connectivity index (χ1n) is 12.2. The Hall–Kier alpha value is -3.82. The van der Waals surface area contributed by atoms with E-state index in [-0.39, 0.29) is 24.0 Å². The molecule has 3 heterocycles. The van der Waals surface area contributed by atoms with Crippen LogP contribution in [0.5, 0.6) is 11.6 Å². The third kappa shape index (κ3) is 5.19. The van der Waals surface area contributed by atoms with Gasteiger partial charge in [-0.2, -0.15) is 8.78 Å². The largest absolute Gasteiger partial charge is 0.484 e. The van der Waals surface area contributed by atoms with Crippen LogP contribution in [-0.4, -0.2) is 30.0 Å². The van der Waals surface area contributed by atoms with E-state index in [1.165, 1.54) is 24.4 Å². The molecule has 2 aromatic heterocycles. The zero-order valence-corrected chi connectivity index (χ0v) is 20.5. The van der Waals surface area contributed by atoms with E-state index in [0.29, 0.717) is 35.7 Å². The first kappa shape index (κ1) is 24.9. The zero-order chi connectivity index (χ0) is 26.1. The van der Waals surface area contributed by atoms with Crippen LogP contribution in [0.3, 0.4) is 0 Å². The first-order valence-corrected chi connectivity index (χ1v) is 12.2. The van der Waals surface area contributed by atoms with Gasteiger partial charge in [0.05, 0.1) is 17.9 Å². The summed E-state index contributed by atoms with van der Waals surface area (Å²) in [6.45, 7) is -0.899. The average molecular weight is 513 g/mol. The number of rotatable bonds is 9. The minimum Gasteiger partial charge on any atom is -0.484 e. The Labute approximate surface area is 212 Å². The standard InChI is InChI=1S/C27H27F3N4O3/c1-15-10-17-7-8-22(26-19(28)4-3-9-32-26)36-23(17)12-21(15)34(14-35)13-18-20(31-2)11-24(37-27(29)30)33-25(18)16-5-6-16/h3-4,9-12,14,16,22,27H,5-8,13H2,1-2H3,(H,31,33). The molecule has 1 saturated carbocycles. The van der Waals surface area contributed by atoms with Gasteiger partial charge in [-0.25, -0.2) is 9.37 Å². The van der Waals surface area contributed by atoms with Crippen molar-refractivity contribution >= 4 is 17.8 Å². The van der Waals surface area contributed by atoms with E-state index in [9.17, 15) is 18.0 Å².